The highest BCUT2D eigenvalue weighted by atomic mass is 16.5. The number of rotatable bonds is 4. The van der Waals surface area contributed by atoms with Crippen LogP contribution in [0.5, 0.6) is 5.75 Å². The molecule has 0 unspecified atom stereocenters. The minimum Gasteiger partial charge on any atom is -0.489 e. The van der Waals surface area contributed by atoms with E-state index >= 15 is 0 Å². The van der Waals surface area contributed by atoms with Crippen molar-refractivity contribution in [1.82, 2.24) is 0 Å². The van der Waals surface area contributed by atoms with Gasteiger partial charge in [-0.2, -0.15) is 0 Å². The summed E-state index contributed by atoms with van der Waals surface area (Å²) in [4.78, 5) is 0. The van der Waals surface area contributed by atoms with Gasteiger partial charge in [0, 0.05) is 0 Å². The van der Waals surface area contributed by atoms with Crippen LogP contribution in [0.2, 0.25) is 0 Å². The summed E-state index contributed by atoms with van der Waals surface area (Å²) >= 11 is 0. The van der Waals surface area contributed by atoms with Crippen LogP contribution in [-0.2, 0) is 6.61 Å². The zero-order valence-electron chi connectivity index (χ0n) is 14.0. The van der Waals surface area contributed by atoms with Crippen LogP contribution in [0.1, 0.15) is 22.3 Å². The van der Waals surface area contributed by atoms with Crippen LogP contribution in [0.25, 0.3) is 11.1 Å². The van der Waals surface area contributed by atoms with Gasteiger partial charge in [-0.15, -0.1) is 0 Å². The van der Waals surface area contributed by atoms with Crippen molar-refractivity contribution in [3.8, 4) is 16.9 Å². The van der Waals surface area contributed by atoms with Crippen molar-refractivity contribution >= 4 is 0 Å². The van der Waals surface area contributed by atoms with Crippen LogP contribution >= 0.6 is 0 Å². The highest BCUT2D eigenvalue weighted by molar-refractivity contribution is 5.64. The highest BCUT2D eigenvalue weighted by Gasteiger charge is 2.01. The first kappa shape index (κ1) is 15.4. The van der Waals surface area contributed by atoms with Crippen molar-refractivity contribution in [2.45, 2.75) is 27.4 Å². The van der Waals surface area contributed by atoms with Crippen molar-refractivity contribution in [2.75, 3.05) is 0 Å². The maximum absolute atomic E-state index is 5.91. The third kappa shape index (κ3) is 4.01. The fourth-order valence-corrected chi connectivity index (χ4v) is 2.81. The lowest BCUT2D eigenvalue weighted by Gasteiger charge is -2.09. The van der Waals surface area contributed by atoms with Gasteiger partial charge < -0.3 is 4.74 Å². The molecule has 3 aromatic rings. The molecule has 0 aliphatic heterocycles. The third-order valence-corrected chi connectivity index (χ3v) is 3.93. The monoisotopic (exact) mass is 302 g/mol. The topological polar surface area (TPSA) is 9.23 Å². The van der Waals surface area contributed by atoms with E-state index in [1.165, 1.54) is 33.4 Å². The molecule has 0 aromatic heterocycles. The van der Waals surface area contributed by atoms with Gasteiger partial charge >= 0.3 is 0 Å². The van der Waals surface area contributed by atoms with Gasteiger partial charge in [0.15, 0.2) is 0 Å². The van der Waals surface area contributed by atoms with Crippen LogP contribution in [0.4, 0.5) is 0 Å². The van der Waals surface area contributed by atoms with E-state index in [0.29, 0.717) is 6.61 Å². The van der Waals surface area contributed by atoms with E-state index in [2.05, 4.69) is 75.4 Å². The second kappa shape index (κ2) is 6.70. The Kier molecular flexibility index (Phi) is 4.47. The average molecular weight is 302 g/mol. The first-order valence-electron chi connectivity index (χ1n) is 7.97. The Morgan fingerprint density at radius 1 is 0.609 bits per heavy atom. The van der Waals surface area contributed by atoms with Gasteiger partial charge in [-0.05, 0) is 49.6 Å². The molecule has 0 fully saturated rings. The zero-order chi connectivity index (χ0) is 16.2. The van der Waals surface area contributed by atoms with Gasteiger partial charge in [0.2, 0.25) is 0 Å². The fraction of sp³-hybridized carbons (Fsp3) is 0.182. The first-order chi connectivity index (χ1) is 11.1. The highest BCUT2D eigenvalue weighted by Crippen LogP contribution is 2.23. The minimum atomic E-state index is 0.604. The van der Waals surface area contributed by atoms with Gasteiger partial charge in [-0.25, -0.2) is 0 Å². The van der Waals surface area contributed by atoms with Crippen molar-refractivity contribution in [3.05, 3.63) is 89.0 Å². The number of ether oxygens (including phenoxy) is 1. The molecule has 1 heteroatoms. The Labute approximate surface area is 138 Å². The molecule has 23 heavy (non-hydrogen) atoms. The lowest BCUT2D eigenvalue weighted by Crippen LogP contribution is -1.96. The molecule has 3 rings (SSSR count). The van der Waals surface area contributed by atoms with Gasteiger partial charge in [-0.1, -0.05) is 71.3 Å². The Morgan fingerprint density at radius 3 is 1.70 bits per heavy atom. The summed E-state index contributed by atoms with van der Waals surface area (Å²) in [7, 11) is 0. The molecule has 0 atom stereocenters. The van der Waals surface area contributed by atoms with Crippen LogP contribution in [0, 0.1) is 20.8 Å². The Bertz CT molecular complexity index is 763. The predicted octanol–water partition coefficient (Wildman–Crippen LogP) is 5.86. The Balaban J connectivity index is 1.69. The van der Waals surface area contributed by atoms with E-state index in [9.17, 15) is 0 Å². The summed E-state index contributed by atoms with van der Waals surface area (Å²) in [6, 6.07) is 23.4. The van der Waals surface area contributed by atoms with Crippen molar-refractivity contribution < 1.29 is 4.74 Å². The minimum absolute atomic E-state index is 0.604. The fourth-order valence-electron chi connectivity index (χ4n) is 2.81. The molecule has 0 bridgehead atoms. The van der Waals surface area contributed by atoms with Gasteiger partial charge in [0.25, 0.3) is 0 Å². The molecular formula is C22H22O. The van der Waals surface area contributed by atoms with E-state index < -0.39 is 0 Å². The predicted molar refractivity (Wildman–Crippen MR) is 96.9 cm³/mol. The van der Waals surface area contributed by atoms with Gasteiger partial charge in [0.1, 0.15) is 12.4 Å². The molecule has 0 N–H and O–H groups in total. The zero-order valence-corrected chi connectivity index (χ0v) is 14.0. The normalized spacial score (nSPS) is 10.6. The second-order valence-corrected chi connectivity index (χ2v) is 6.18. The quantitative estimate of drug-likeness (QED) is 0.586. The van der Waals surface area contributed by atoms with Gasteiger partial charge in [-0.3, -0.25) is 0 Å². The van der Waals surface area contributed by atoms with Crippen LogP contribution in [-0.4, -0.2) is 0 Å². The molecule has 1 nitrogen and oxygen atoms in total. The average Bonchev–Trinajstić information content (AvgIpc) is 2.53. The molecule has 0 saturated heterocycles. The van der Waals surface area contributed by atoms with Crippen molar-refractivity contribution in [2.24, 2.45) is 0 Å². The van der Waals surface area contributed by atoms with E-state index in [1.807, 2.05) is 12.1 Å². The lowest BCUT2D eigenvalue weighted by molar-refractivity contribution is 0.306. The van der Waals surface area contributed by atoms with E-state index in [0.717, 1.165) is 5.75 Å². The van der Waals surface area contributed by atoms with E-state index in [4.69, 9.17) is 4.74 Å². The van der Waals surface area contributed by atoms with Crippen LogP contribution in [0.3, 0.4) is 0 Å². The molecule has 0 amide bonds. The molecule has 0 saturated carbocycles. The van der Waals surface area contributed by atoms with Crippen LogP contribution in [0.15, 0.2) is 66.7 Å². The summed E-state index contributed by atoms with van der Waals surface area (Å²) in [6.45, 7) is 6.94. The molecular weight excluding hydrogens is 280 g/mol. The maximum atomic E-state index is 5.91. The smallest absolute Gasteiger partial charge is 0.119 e. The molecule has 0 radical (unpaired) electrons. The second-order valence-electron chi connectivity index (χ2n) is 6.18. The standard InChI is InChI=1S/C22H22O/c1-16-4-6-20(7-5-16)21-8-10-22(11-9-21)23-15-19-13-17(2)12-18(3)14-19/h4-14H,15H2,1-3H3. The number of aryl methyl sites for hydroxylation is 3. The summed E-state index contributed by atoms with van der Waals surface area (Å²) in [5.74, 6) is 0.903. The Morgan fingerprint density at radius 2 is 1.13 bits per heavy atom. The summed E-state index contributed by atoms with van der Waals surface area (Å²) in [5.41, 5.74) is 7.49. The Hall–Kier alpha value is -2.54. The maximum Gasteiger partial charge on any atom is 0.119 e. The van der Waals surface area contributed by atoms with Crippen molar-refractivity contribution in [3.63, 3.8) is 0 Å². The third-order valence-electron chi connectivity index (χ3n) is 3.93. The van der Waals surface area contributed by atoms with Gasteiger partial charge in [0.05, 0.1) is 0 Å². The van der Waals surface area contributed by atoms with E-state index in [-0.39, 0.29) is 0 Å². The molecule has 0 aliphatic carbocycles. The summed E-state index contributed by atoms with van der Waals surface area (Å²) < 4.78 is 5.91. The lowest BCUT2D eigenvalue weighted by atomic mass is 10.0. The van der Waals surface area contributed by atoms with E-state index in [1.54, 1.807) is 0 Å². The first-order valence-corrected chi connectivity index (χ1v) is 7.97. The molecule has 3 aromatic carbocycles. The largest absolute Gasteiger partial charge is 0.489 e. The molecule has 0 aliphatic rings. The van der Waals surface area contributed by atoms with Crippen LogP contribution < -0.4 is 4.74 Å². The summed E-state index contributed by atoms with van der Waals surface area (Å²) in [6.07, 6.45) is 0. The SMILES string of the molecule is Cc1ccc(-c2ccc(OCc3cc(C)cc(C)c3)cc2)cc1. The molecule has 0 spiro atoms. The number of benzene rings is 3. The summed E-state index contributed by atoms with van der Waals surface area (Å²) in [5, 5.41) is 0. The molecule has 116 valence electrons. The number of hydrogen-bond donors (Lipinski definition) is 0. The van der Waals surface area contributed by atoms with Crippen molar-refractivity contribution in [1.29, 1.82) is 0 Å². The number of hydrogen-bond acceptors (Lipinski definition) is 1. The molecule has 0 heterocycles.